The molecular formula is C8H9NO4S. The fourth-order valence-electron chi connectivity index (χ4n) is 0.870. The summed E-state index contributed by atoms with van der Waals surface area (Å²) in [5, 5.41) is 2.29. The summed E-state index contributed by atoms with van der Waals surface area (Å²) in [6, 6.07) is 9.08. The normalized spacial score (nSPS) is 9.79. The Balaban J connectivity index is 2.38. The van der Waals surface area contributed by atoms with Crippen LogP contribution in [0.3, 0.4) is 0 Å². The first-order valence-electron chi connectivity index (χ1n) is 3.82. The smallest absolute Gasteiger partial charge is 0.330 e. The number of rotatable bonds is 3. The van der Waals surface area contributed by atoms with Gasteiger partial charge >= 0.3 is 17.1 Å². The van der Waals surface area contributed by atoms with Crippen molar-refractivity contribution in [2.24, 2.45) is 0 Å². The Morgan fingerprint density at radius 2 is 1.93 bits per heavy atom. The van der Waals surface area contributed by atoms with E-state index in [-0.39, 0.29) is 6.54 Å². The summed E-state index contributed by atoms with van der Waals surface area (Å²) in [5.74, 6) is 0. The van der Waals surface area contributed by atoms with Gasteiger partial charge < -0.3 is 9.50 Å². The van der Waals surface area contributed by atoms with Gasteiger partial charge in [0.1, 0.15) is 0 Å². The van der Waals surface area contributed by atoms with Gasteiger partial charge in [-0.3, -0.25) is 0 Å². The van der Waals surface area contributed by atoms with Crippen LogP contribution in [0.25, 0.3) is 0 Å². The van der Waals surface area contributed by atoms with E-state index in [0.717, 1.165) is 5.56 Å². The number of nitrogens with one attached hydrogen (secondary N) is 1. The van der Waals surface area contributed by atoms with Gasteiger partial charge in [-0.2, -0.15) is 8.42 Å². The van der Waals surface area contributed by atoms with Gasteiger partial charge in [0, 0.05) is 6.54 Å². The molecule has 0 saturated carbocycles. The van der Waals surface area contributed by atoms with Crippen molar-refractivity contribution in [2.45, 2.75) is 6.54 Å². The fraction of sp³-hybridized carbons (Fsp3) is 0.125. The summed E-state index contributed by atoms with van der Waals surface area (Å²) in [7, 11) is -3.13. The minimum atomic E-state index is -3.13. The summed E-state index contributed by atoms with van der Waals surface area (Å²) in [5.41, 5.74) is 0.866. The molecule has 0 aromatic heterocycles. The number of hydrogen-bond donors (Lipinski definition) is 2. The van der Waals surface area contributed by atoms with Gasteiger partial charge in [-0.25, -0.2) is 4.79 Å². The molecule has 0 atom stereocenters. The molecule has 0 radical (unpaired) electrons. The molecule has 1 aromatic rings. The molecule has 14 heavy (non-hydrogen) atoms. The van der Waals surface area contributed by atoms with E-state index in [4.69, 9.17) is 0 Å². The van der Waals surface area contributed by atoms with E-state index in [0.29, 0.717) is 0 Å². The molecule has 0 aliphatic heterocycles. The van der Waals surface area contributed by atoms with Crippen LogP contribution in [0.15, 0.2) is 30.3 Å². The number of thiol groups is 1. The van der Waals surface area contributed by atoms with E-state index in [1.807, 2.05) is 18.2 Å². The van der Waals surface area contributed by atoms with Crippen LogP contribution in [0.1, 0.15) is 5.56 Å². The molecule has 0 aliphatic carbocycles. The standard InChI is InChI=1S/C8H9NO4S/c10-8(13-14(11)12)9-6-7-4-2-1-3-5-7/h1-5,14H,6H2,(H,9,10). The Morgan fingerprint density at radius 3 is 2.50 bits per heavy atom. The van der Waals surface area contributed by atoms with Crippen molar-refractivity contribution in [3.05, 3.63) is 35.9 Å². The number of benzene rings is 1. The number of carbonyl (C=O) groups is 1. The fourth-order valence-corrected chi connectivity index (χ4v) is 1.07. The second kappa shape index (κ2) is 5.23. The topological polar surface area (TPSA) is 72.5 Å². The van der Waals surface area contributed by atoms with E-state index in [1.165, 1.54) is 0 Å². The Labute approximate surface area is 82.9 Å². The Hall–Kier alpha value is -1.56. The highest BCUT2D eigenvalue weighted by molar-refractivity contribution is 7.67. The van der Waals surface area contributed by atoms with Crippen LogP contribution < -0.4 is 5.32 Å². The van der Waals surface area contributed by atoms with Gasteiger partial charge in [-0.15, -0.1) is 0 Å². The van der Waals surface area contributed by atoms with Crippen LogP contribution in [0, 0.1) is 0 Å². The third-order valence-corrected chi connectivity index (χ3v) is 1.75. The highest BCUT2D eigenvalue weighted by Gasteiger charge is 2.01. The minimum Gasteiger partial charge on any atom is -0.330 e. The van der Waals surface area contributed by atoms with E-state index in [2.05, 4.69) is 9.50 Å². The molecule has 6 heteroatoms. The van der Waals surface area contributed by atoms with E-state index < -0.39 is 17.1 Å². The van der Waals surface area contributed by atoms with Crippen LogP contribution >= 0.6 is 0 Å². The van der Waals surface area contributed by atoms with Crippen molar-refractivity contribution in [3.8, 4) is 0 Å². The second-order valence-corrected chi connectivity index (χ2v) is 3.07. The second-order valence-electron chi connectivity index (χ2n) is 2.44. The van der Waals surface area contributed by atoms with Crippen LogP contribution in [-0.4, -0.2) is 14.5 Å². The first-order chi connectivity index (χ1) is 6.68. The predicted molar refractivity (Wildman–Crippen MR) is 50.1 cm³/mol. The average molecular weight is 215 g/mol. The maximum Gasteiger partial charge on any atom is 0.422 e. The molecular weight excluding hydrogens is 206 g/mol. The predicted octanol–water partition coefficient (Wildman–Crippen LogP) is 0.439. The molecule has 76 valence electrons. The highest BCUT2D eigenvalue weighted by atomic mass is 32.2. The molecule has 0 spiro atoms. The van der Waals surface area contributed by atoms with E-state index in [9.17, 15) is 13.2 Å². The molecule has 0 fully saturated rings. The Morgan fingerprint density at radius 1 is 1.29 bits per heavy atom. The summed E-state index contributed by atoms with van der Waals surface area (Å²) in [6.07, 6.45) is -0.968. The third-order valence-electron chi connectivity index (χ3n) is 1.44. The molecule has 0 heterocycles. The van der Waals surface area contributed by atoms with E-state index >= 15 is 0 Å². The maximum atomic E-state index is 10.7. The highest BCUT2D eigenvalue weighted by Crippen LogP contribution is 1.97. The van der Waals surface area contributed by atoms with Crippen molar-refractivity contribution >= 4 is 17.1 Å². The lowest BCUT2D eigenvalue weighted by Gasteiger charge is -2.01. The van der Waals surface area contributed by atoms with Gasteiger partial charge in [-0.05, 0) is 5.56 Å². The lowest BCUT2D eigenvalue weighted by Crippen LogP contribution is -2.23. The lowest BCUT2D eigenvalue weighted by molar-refractivity contribution is 0.204. The summed E-state index contributed by atoms with van der Waals surface area (Å²) >= 11 is 0. The molecule has 0 unspecified atom stereocenters. The summed E-state index contributed by atoms with van der Waals surface area (Å²) in [4.78, 5) is 10.7. The lowest BCUT2D eigenvalue weighted by atomic mass is 10.2. The Kier molecular flexibility index (Phi) is 3.93. The maximum absolute atomic E-state index is 10.7. The zero-order valence-electron chi connectivity index (χ0n) is 7.17. The van der Waals surface area contributed by atoms with Crippen molar-refractivity contribution in [1.82, 2.24) is 5.32 Å². The molecule has 1 aromatic carbocycles. The van der Waals surface area contributed by atoms with Crippen molar-refractivity contribution in [1.29, 1.82) is 0 Å². The zero-order chi connectivity index (χ0) is 10.4. The van der Waals surface area contributed by atoms with Gasteiger partial charge in [0.25, 0.3) is 0 Å². The van der Waals surface area contributed by atoms with Crippen molar-refractivity contribution in [2.75, 3.05) is 0 Å². The third kappa shape index (κ3) is 3.90. The first kappa shape index (κ1) is 10.5. The number of carbonyl (C=O) groups excluding carboxylic acids is 1. The molecule has 0 aliphatic rings. The first-order valence-corrected chi connectivity index (χ1v) is 4.92. The number of hydrogen-bond acceptors (Lipinski definition) is 4. The van der Waals surface area contributed by atoms with Crippen LogP contribution in [0.4, 0.5) is 4.79 Å². The minimum absolute atomic E-state index is 0.239. The molecule has 1 amide bonds. The number of amides is 1. The van der Waals surface area contributed by atoms with Gasteiger partial charge in [0.15, 0.2) is 0 Å². The molecule has 0 bridgehead atoms. The molecule has 1 rings (SSSR count). The van der Waals surface area contributed by atoms with Gasteiger partial charge in [0.05, 0.1) is 0 Å². The van der Waals surface area contributed by atoms with Crippen LogP contribution in [0.5, 0.6) is 0 Å². The van der Waals surface area contributed by atoms with Crippen LogP contribution in [0.2, 0.25) is 0 Å². The summed E-state index contributed by atoms with van der Waals surface area (Å²) in [6.45, 7) is 0.239. The van der Waals surface area contributed by atoms with Crippen LogP contribution in [-0.2, 0) is 21.7 Å². The van der Waals surface area contributed by atoms with Crippen molar-refractivity contribution < 1.29 is 17.4 Å². The largest absolute Gasteiger partial charge is 0.422 e. The molecule has 5 nitrogen and oxygen atoms in total. The van der Waals surface area contributed by atoms with Crippen molar-refractivity contribution in [3.63, 3.8) is 0 Å². The molecule has 1 N–H and O–H groups in total. The molecule has 0 saturated heterocycles. The quantitative estimate of drug-likeness (QED) is 0.717. The zero-order valence-corrected chi connectivity index (χ0v) is 8.07. The van der Waals surface area contributed by atoms with E-state index in [1.54, 1.807) is 12.1 Å². The summed E-state index contributed by atoms with van der Waals surface area (Å²) < 4.78 is 23.8. The Bertz CT molecular complexity index is 366. The monoisotopic (exact) mass is 215 g/mol. The average Bonchev–Trinajstić information content (AvgIpc) is 2.15. The van der Waals surface area contributed by atoms with Gasteiger partial charge in [-0.1, -0.05) is 30.3 Å². The van der Waals surface area contributed by atoms with Gasteiger partial charge in [0.2, 0.25) is 0 Å². The SMILES string of the molecule is O=C(NCc1ccccc1)O[SH](=O)=O.